The molecule has 0 radical (unpaired) electrons. The molecule has 0 saturated carbocycles. The maximum atomic E-state index is 12.1. The van der Waals surface area contributed by atoms with E-state index in [4.69, 9.17) is 27.9 Å². The first-order valence-electron chi connectivity index (χ1n) is 6.22. The summed E-state index contributed by atoms with van der Waals surface area (Å²) in [4.78, 5) is 22.3. The van der Waals surface area contributed by atoms with Crippen LogP contribution in [0.25, 0.3) is 0 Å². The van der Waals surface area contributed by atoms with E-state index in [-0.39, 0.29) is 16.3 Å². The van der Waals surface area contributed by atoms with E-state index in [0.29, 0.717) is 10.8 Å². The number of nitro benzene ring substituents is 1. The molecule has 7 heteroatoms. The van der Waals surface area contributed by atoms with Crippen LogP contribution in [0.2, 0.25) is 10.0 Å². The number of hydrogen-bond acceptors (Lipinski definition) is 4. The largest absolute Gasteiger partial charge is 0.423 e. The predicted molar refractivity (Wildman–Crippen MR) is 84.0 cm³/mol. The van der Waals surface area contributed by atoms with Crippen molar-refractivity contribution >= 4 is 34.9 Å². The maximum absolute atomic E-state index is 12.1. The first-order valence-corrected chi connectivity index (χ1v) is 6.98. The molecule has 0 aliphatic rings. The summed E-state index contributed by atoms with van der Waals surface area (Å²) in [6.07, 6.45) is 0. The van der Waals surface area contributed by atoms with E-state index in [1.807, 2.05) is 0 Å². The van der Waals surface area contributed by atoms with Crippen molar-refractivity contribution in [1.82, 2.24) is 0 Å². The minimum atomic E-state index is -0.708. The number of aryl methyl sites for hydroxylation is 2. The van der Waals surface area contributed by atoms with Crippen LogP contribution in [0.15, 0.2) is 30.3 Å². The Hall–Kier alpha value is -2.11. The van der Waals surface area contributed by atoms with Crippen molar-refractivity contribution in [3.05, 3.63) is 67.2 Å². The topological polar surface area (TPSA) is 69.4 Å². The Morgan fingerprint density at radius 3 is 2.27 bits per heavy atom. The van der Waals surface area contributed by atoms with E-state index in [9.17, 15) is 14.9 Å². The third-order valence-electron chi connectivity index (χ3n) is 3.00. The maximum Gasteiger partial charge on any atom is 0.343 e. The molecule has 0 aromatic heterocycles. The number of benzene rings is 2. The van der Waals surface area contributed by atoms with E-state index >= 15 is 0 Å². The highest BCUT2D eigenvalue weighted by molar-refractivity contribution is 6.33. The molecule has 2 aromatic carbocycles. The smallest absolute Gasteiger partial charge is 0.343 e. The van der Waals surface area contributed by atoms with Crippen LogP contribution in [0.5, 0.6) is 5.75 Å². The Morgan fingerprint density at radius 1 is 1.14 bits per heavy atom. The Morgan fingerprint density at radius 2 is 1.73 bits per heavy atom. The van der Waals surface area contributed by atoms with Gasteiger partial charge in [0, 0.05) is 11.1 Å². The number of carbonyl (C=O) groups is 1. The van der Waals surface area contributed by atoms with Crippen LogP contribution < -0.4 is 4.74 Å². The average Bonchev–Trinajstić information content (AvgIpc) is 2.44. The molecule has 0 unspecified atom stereocenters. The fourth-order valence-corrected chi connectivity index (χ4v) is 2.21. The number of hydrogen-bond donors (Lipinski definition) is 0. The van der Waals surface area contributed by atoms with Crippen molar-refractivity contribution in [3.8, 4) is 5.75 Å². The summed E-state index contributed by atoms with van der Waals surface area (Å²) in [6, 6.07) is 6.98. The molecule has 0 heterocycles. The number of nitrogens with zero attached hydrogens (tertiary/aromatic N) is 1. The highest BCUT2D eigenvalue weighted by Gasteiger charge is 2.18. The van der Waals surface area contributed by atoms with Gasteiger partial charge in [-0.05, 0) is 49.2 Å². The van der Waals surface area contributed by atoms with Crippen LogP contribution >= 0.6 is 23.2 Å². The normalized spacial score (nSPS) is 10.4. The quantitative estimate of drug-likeness (QED) is 0.350. The lowest BCUT2D eigenvalue weighted by Gasteiger charge is -2.08. The zero-order valence-electron chi connectivity index (χ0n) is 11.7. The molecule has 0 atom stereocenters. The van der Waals surface area contributed by atoms with Crippen molar-refractivity contribution in [2.75, 3.05) is 0 Å². The molecule has 0 amide bonds. The molecule has 0 fully saturated rings. The van der Waals surface area contributed by atoms with Gasteiger partial charge in [0.25, 0.3) is 5.69 Å². The van der Waals surface area contributed by atoms with Crippen molar-refractivity contribution in [2.45, 2.75) is 13.8 Å². The monoisotopic (exact) mass is 339 g/mol. The minimum Gasteiger partial charge on any atom is -0.423 e. The summed E-state index contributed by atoms with van der Waals surface area (Å²) in [5.41, 5.74) is 1.24. The van der Waals surface area contributed by atoms with Crippen molar-refractivity contribution in [3.63, 3.8) is 0 Å². The van der Waals surface area contributed by atoms with Gasteiger partial charge in [-0.3, -0.25) is 10.1 Å². The molecule has 22 heavy (non-hydrogen) atoms. The number of ether oxygens (including phenoxy) is 1. The van der Waals surface area contributed by atoms with Gasteiger partial charge < -0.3 is 4.74 Å². The lowest BCUT2D eigenvalue weighted by molar-refractivity contribution is -0.384. The van der Waals surface area contributed by atoms with Gasteiger partial charge in [-0.1, -0.05) is 23.2 Å². The fourth-order valence-electron chi connectivity index (χ4n) is 1.91. The van der Waals surface area contributed by atoms with Gasteiger partial charge in [0.1, 0.15) is 10.8 Å². The zero-order chi connectivity index (χ0) is 16.4. The van der Waals surface area contributed by atoms with Crippen LogP contribution in [0.1, 0.15) is 21.5 Å². The Kier molecular flexibility index (Phi) is 4.68. The molecule has 0 saturated heterocycles. The molecule has 0 aliphatic heterocycles. The predicted octanol–water partition coefficient (Wildman–Crippen LogP) is 4.74. The fraction of sp³-hybridized carbons (Fsp3) is 0.133. The summed E-state index contributed by atoms with van der Waals surface area (Å²) >= 11 is 11.8. The van der Waals surface area contributed by atoms with Crippen molar-refractivity contribution < 1.29 is 14.5 Å². The molecule has 0 aliphatic carbocycles. The Bertz CT molecular complexity index is 751. The summed E-state index contributed by atoms with van der Waals surface area (Å²) in [7, 11) is 0. The van der Waals surface area contributed by atoms with Gasteiger partial charge in [0.05, 0.1) is 10.5 Å². The lowest BCUT2D eigenvalue weighted by Crippen LogP contribution is -2.09. The molecule has 2 aromatic rings. The highest BCUT2D eigenvalue weighted by Crippen LogP contribution is 2.28. The van der Waals surface area contributed by atoms with Crippen LogP contribution in [0, 0.1) is 24.0 Å². The van der Waals surface area contributed by atoms with Gasteiger partial charge in [-0.15, -0.1) is 0 Å². The zero-order valence-corrected chi connectivity index (χ0v) is 13.2. The Labute approximate surface area is 136 Å². The molecule has 0 N–H and O–H groups in total. The molecular formula is C15H11Cl2NO4. The van der Waals surface area contributed by atoms with Gasteiger partial charge in [-0.25, -0.2) is 4.79 Å². The SMILES string of the molecule is Cc1cc(OC(=O)c2ccc(Cl)c([N+](=O)[O-])c2)cc(C)c1Cl. The molecule has 0 spiro atoms. The van der Waals surface area contributed by atoms with Crippen LogP contribution in [-0.2, 0) is 0 Å². The average molecular weight is 340 g/mol. The third-order valence-corrected chi connectivity index (χ3v) is 3.91. The summed E-state index contributed by atoms with van der Waals surface area (Å²) in [5.74, 6) is -0.386. The first-order chi connectivity index (χ1) is 10.3. The molecule has 0 bridgehead atoms. The molecule has 5 nitrogen and oxygen atoms in total. The molecule has 114 valence electrons. The van der Waals surface area contributed by atoms with Gasteiger partial charge >= 0.3 is 5.97 Å². The van der Waals surface area contributed by atoms with Crippen LogP contribution in [0.4, 0.5) is 5.69 Å². The number of halogens is 2. The number of esters is 1. The third kappa shape index (κ3) is 3.37. The van der Waals surface area contributed by atoms with E-state index < -0.39 is 10.9 Å². The summed E-state index contributed by atoms with van der Waals surface area (Å²) in [5, 5.41) is 11.4. The number of carbonyl (C=O) groups excluding carboxylic acids is 1. The lowest BCUT2D eigenvalue weighted by atomic mass is 10.1. The van der Waals surface area contributed by atoms with Crippen LogP contribution in [-0.4, -0.2) is 10.9 Å². The molecular weight excluding hydrogens is 329 g/mol. The second kappa shape index (κ2) is 6.34. The van der Waals surface area contributed by atoms with E-state index in [1.165, 1.54) is 12.1 Å². The van der Waals surface area contributed by atoms with Gasteiger partial charge in [0.15, 0.2) is 0 Å². The van der Waals surface area contributed by atoms with Crippen LogP contribution in [0.3, 0.4) is 0 Å². The van der Waals surface area contributed by atoms with Gasteiger partial charge in [0.2, 0.25) is 0 Å². The highest BCUT2D eigenvalue weighted by atomic mass is 35.5. The number of rotatable bonds is 3. The standard InChI is InChI=1S/C15H11Cl2NO4/c1-8-5-11(6-9(2)14(8)17)22-15(19)10-3-4-12(16)13(7-10)18(20)21/h3-7H,1-2H3. The van der Waals surface area contributed by atoms with Gasteiger partial charge in [-0.2, -0.15) is 0 Å². The second-order valence-electron chi connectivity index (χ2n) is 4.68. The first kappa shape index (κ1) is 16.3. The van der Waals surface area contributed by atoms with E-state index in [1.54, 1.807) is 26.0 Å². The number of nitro groups is 1. The second-order valence-corrected chi connectivity index (χ2v) is 5.47. The van der Waals surface area contributed by atoms with E-state index in [2.05, 4.69) is 0 Å². The minimum absolute atomic E-state index is 0.0419. The summed E-state index contributed by atoms with van der Waals surface area (Å²) in [6.45, 7) is 3.58. The van der Waals surface area contributed by atoms with Crippen molar-refractivity contribution in [2.24, 2.45) is 0 Å². The van der Waals surface area contributed by atoms with Crippen molar-refractivity contribution in [1.29, 1.82) is 0 Å². The van der Waals surface area contributed by atoms with E-state index in [0.717, 1.165) is 17.2 Å². The Balaban J connectivity index is 2.30. The molecule has 2 rings (SSSR count). The summed E-state index contributed by atoms with van der Waals surface area (Å²) < 4.78 is 5.23.